The monoisotopic (exact) mass is 1380 g/mol. The van der Waals surface area contributed by atoms with Gasteiger partial charge in [0.15, 0.2) is 18.7 Å². The number of carbonyl (C=O) groups excluding carboxylic acids is 3. The van der Waals surface area contributed by atoms with Gasteiger partial charge in [0.2, 0.25) is 0 Å². The van der Waals surface area contributed by atoms with Crippen molar-refractivity contribution in [2.75, 3.05) is 26.4 Å². The first-order valence-electron chi connectivity index (χ1n) is 36.7. The molecule has 556 valence electrons. The lowest BCUT2D eigenvalue weighted by molar-refractivity contribution is -0.360. The number of hydrogen-bond acceptors (Lipinski definition) is 23. The molecule has 0 aromatic heterocycles. The third-order valence-electron chi connectivity index (χ3n) is 18.1. The summed E-state index contributed by atoms with van der Waals surface area (Å²) in [4.78, 5) is 50.7. The second-order valence-corrected chi connectivity index (χ2v) is 27.8. The number of aliphatic hydroxyl groups excluding tert-OH is 10. The highest BCUT2D eigenvalue weighted by atomic mass is 31.2. The van der Waals surface area contributed by atoms with Crippen molar-refractivity contribution in [1.82, 2.24) is 0 Å². The second kappa shape index (κ2) is 52.4. The van der Waals surface area contributed by atoms with Gasteiger partial charge in [-0.05, 0) is 25.7 Å². The summed E-state index contributed by atoms with van der Waals surface area (Å²) in [6.45, 7) is 3.32. The molecular weight excluding hydrogens is 1260 g/mol. The van der Waals surface area contributed by atoms with Crippen LogP contribution >= 0.6 is 7.82 Å². The molecule has 3 fully saturated rings. The second-order valence-electron chi connectivity index (χ2n) is 26.4. The Hall–Kier alpha value is -2.56. The summed E-state index contributed by atoms with van der Waals surface area (Å²) in [5, 5.41) is 110. The van der Waals surface area contributed by atoms with Crippen LogP contribution in [0.3, 0.4) is 0 Å². The Bertz CT molecular complexity index is 2070. The van der Waals surface area contributed by atoms with Crippen molar-refractivity contribution >= 4 is 25.7 Å². The van der Waals surface area contributed by atoms with Crippen LogP contribution in [-0.4, -0.2) is 204 Å². The number of aliphatic hydroxyl groups is 10. The Morgan fingerprint density at radius 2 is 0.800 bits per heavy atom. The number of allylic oxidation sites excluding steroid dienone is 3. The quantitative estimate of drug-likeness (QED) is 0.00674. The lowest BCUT2D eigenvalue weighted by Gasteiger charge is -2.49. The zero-order chi connectivity index (χ0) is 69.6. The molecular formula is C70H127O24P. The van der Waals surface area contributed by atoms with Gasteiger partial charge in [-0.1, -0.05) is 251 Å². The maximum atomic E-state index is 14.3. The number of rotatable bonds is 56. The smallest absolute Gasteiger partial charge is 0.463 e. The van der Waals surface area contributed by atoms with E-state index in [2.05, 4.69) is 20.8 Å². The molecule has 2 heterocycles. The summed E-state index contributed by atoms with van der Waals surface area (Å²) >= 11 is 0. The highest BCUT2D eigenvalue weighted by Crippen LogP contribution is 2.49. The molecule has 95 heavy (non-hydrogen) atoms. The first-order valence-corrected chi connectivity index (χ1v) is 38.2. The van der Waals surface area contributed by atoms with Crippen LogP contribution in [0.5, 0.6) is 0 Å². The first kappa shape index (κ1) is 86.7. The Balaban J connectivity index is 1.77. The van der Waals surface area contributed by atoms with Gasteiger partial charge < -0.3 is 89.1 Å². The molecule has 25 heteroatoms. The molecule has 0 aromatic carbocycles. The van der Waals surface area contributed by atoms with Gasteiger partial charge in [0.25, 0.3) is 0 Å². The van der Waals surface area contributed by atoms with E-state index in [1.807, 2.05) is 6.08 Å². The molecule has 18 unspecified atom stereocenters. The van der Waals surface area contributed by atoms with Crippen LogP contribution in [0, 0.1) is 0 Å². The molecule has 24 nitrogen and oxygen atoms in total. The summed E-state index contributed by atoms with van der Waals surface area (Å²) in [6.07, 6.45) is 11.9. The minimum absolute atomic E-state index is 0.0281. The SMILES string of the molecule is CCCCCCCCCCCCC/C=C/C=C/C(=O)OC(COC(=O)CCCCCCCCCCCCCC)COP(=O)(O)OC1C(OC2OC(CO)C(O)C(O)C2O)C(O)C(O)C(O)C1OC1OC(COC(=O)CCCCCCCCCCCCCCC)C(O)C(O)C1O. The van der Waals surface area contributed by atoms with Gasteiger partial charge in [-0.15, -0.1) is 0 Å². The average molecular weight is 1380 g/mol. The van der Waals surface area contributed by atoms with Crippen molar-refractivity contribution in [3.63, 3.8) is 0 Å². The van der Waals surface area contributed by atoms with E-state index in [-0.39, 0.29) is 12.8 Å². The van der Waals surface area contributed by atoms with Crippen LogP contribution in [0.1, 0.15) is 271 Å². The molecule has 0 aromatic rings. The molecule has 2 saturated heterocycles. The molecule has 11 N–H and O–H groups in total. The third kappa shape index (κ3) is 36.1. The molecule has 0 bridgehead atoms. The maximum Gasteiger partial charge on any atom is 0.472 e. The molecule has 0 radical (unpaired) electrons. The van der Waals surface area contributed by atoms with Gasteiger partial charge >= 0.3 is 25.7 Å². The summed E-state index contributed by atoms with van der Waals surface area (Å²) < 4.78 is 64.7. The van der Waals surface area contributed by atoms with Crippen molar-refractivity contribution in [3.05, 3.63) is 24.3 Å². The molecule has 1 saturated carbocycles. The standard InChI is InChI=1S/C70H127O24P/c1-4-7-10-13-16-19-22-25-26-28-31-34-37-40-43-46-56(74)89-51(48-86-54(72)44-41-38-35-32-29-24-21-18-15-12-9-6-3)49-88-95(84,85)94-68-66(92-69-64(82)59(77)57(75)52(47-71)90-69)62(80)61(79)63(81)67(68)93-70-65(83)60(78)58(76)53(91-70)50-87-55(73)45-42-39-36-33-30-27-23-20-17-14-11-8-5-2/h37,40,43,46,51-53,57-71,75-83H,4-36,38-39,41-42,44-45,47-50H2,1-3H3,(H,84,85)/b40-37+,46-43+. The van der Waals surface area contributed by atoms with E-state index in [9.17, 15) is 74.9 Å². The fourth-order valence-corrected chi connectivity index (χ4v) is 13.0. The van der Waals surface area contributed by atoms with Crippen molar-refractivity contribution < 1.29 is 117 Å². The zero-order valence-corrected chi connectivity index (χ0v) is 58.6. The van der Waals surface area contributed by atoms with Gasteiger partial charge in [-0.3, -0.25) is 18.6 Å². The van der Waals surface area contributed by atoms with E-state index >= 15 is 0 Å². The van der Waals surface area contributed by atoms with Crippen LogP contribution in [0.2, 0.25) is 0 Å². The van der Waals surface area contributed by atoms with Crippen LogP contribution in [0.25, 0.3) is 0 Å². The van der Waals surface area contributed by atoms with E-state index in [0.717, 1.165) is 96.0 Å². The molecule has 2 aliphatic heterocycles. The van der Waals surface area contributed by atoms with E-state index < -0.39 is 156 Å². The minimum atomic E-state index is -5.72. The number of phosphoric ester groups is 1. The van der Waals surface area contributed by atoms with E-state index in [0.29, 0.717) is 12.8 Å². The van der Waals surface area contributed by atoms with Crippen LogP contribution in [-0.2, 0) is 61.2 Å². The Morgan fingerprint density at radius 3 is 1.22 bits per heavy atom. The lowest BCUT2D eigenvalue weighted by Crippen LogP contribution is -2.69. The van der Waals surface area contributed by atoms with Crippen molar-refractivity contribution in [1.29, 1.82) is 0 Å². The zero-order valence-electron chi connectivity index (χ0n) is 57.7. The van der Waals surface area contributed by atoms with E-state index in [1.54, 1.807) is 6.08 Å². The minimum Gasteiger partial charge on any atom is -0.463 e. The highest BCUT2D eigenvalue weighted by Gasteiger charge is 2.58. The normalized spacial score (nSPS) is 28.2. The van der Waals surface area contributed by atoms with E-state index in [1.165, 1.54) is 141 Å². The topological polar surface area (TPSA) is 374 Å². The average Bonchev–Trinajstić information content (AvgIpc) is 0.764. The number of phosphoric acid groups is 1. The number of hydrogen-bond donors (Lipinski definition) is 11. The number of unbranched alkanes of at least 4 members (excludes halogenated alkanes) is 34. The Labute approximate surface area is 566 Å². The van der Waals surface area contributed by atoms with Gasteiger partial charge in [-0.25, -0.2) is 9.36 Å². The largest absolute Gasteiger partial charge is 0.472 e. The highest BCUT2D eigenvalue weighted by molar-refractivity contribution is 7.47. The summed E-state index contributed by atoms with van der Waals surface area (Å²) in [5.74, 6) is -2.24. The lowest BCUT2D eigenvalue weighted by atomic mass is 9.84. The van der Waals surface area contributed by atoms with Crippen LogP contribution in [0.15, 0.2) is 24.3 Å². The number of ether oxygens (including phenoxy) is 7. The van der Waals surface area contributed by atoms with Gasteiger partial charge in [0, 0.05) is 18.9 Å². The Morgan fingerprint density at radius 1 is 0.432 bits per heavy atom. The molecule has 3 rings (SSSR count). The summed E-state index contributed by atoms with van der Waals surface area (Å²) in [5.41, 5.74) is 0. The maximum absolute atomic E-state index is 14.3. The van der Waals surface area contributed by atoms with Crippen LogP contribution in [0.4, 0.5) is 0 Å². The fourth-order valence-electron chi connectivity index (χ4n) is 12.1. The Kier molecular flexibility index (Phi) is 47.8. The molecule has 18 atom stereocenters. The number of carbonyl (C=O) groups is 3. The van der Waals surface area contributed by atoms with Gasteiger partial charge in [0.05, 0.1) is 13.2 Å². The van der Waals surface area contributed by atoms with Gasteiger partial charge in [0.1, 0.15) is 98.7 Å². The first-order chi connectivity index (χ1) is 45.8. The predicted molar refractivity (Wildman–Crippen MR) is 356 cm³/mol. The molecule has 3 aliphatic rings. The van der Waals surface area contributed by atoms with Crippen molar-refractivity contribution in [3.8, 4) is 0 Å². The van der Waals surface area contributed by atoms with Crippen molar-refractivity contribution in [2.45, 2.75) is 375 Å². The molecule has 1 aliphatic carbocycles. The van der Waals surface area contributed by atoms with Gasteiger partial charge in [-0.2, -0.15) is 0 Å². The summed E-state index contributed by atoms with van der Waals surface area (Å²) in [7, 11) is -5.72. The van der Waals surface area contributed by atoms with Crippen LogP contribution < -0.4 is 0 Å². The van der Waals surface area contributed by atoms with E-state index in [4.69, 9.17) is 42.2 Å². The predicted octanol–water partition coefficient (Wildman–Crippen LogP) is 9.35. The number of esters is 3. The fraction of sp³-hybridized carbons (Fsp3) is 0.900. The molecule has 0 spiro atoms. The summed E-state index contributed by atoms with van der Waals surface area (Å²) in [6, 6.07) is 0. The molecule has 0 amide bonds. The van der Waals surface area contributed by atoms with Crippen molar-refractivity contribution in [2.24, 2.45) is 0 Å². The third-order valence-corrected chi connectivity index (χ3v) is 19.1.